The highest BCUT2D eigenvalue weighted by Crippen LogP contribution is 2.42. The van der Waals surface area contributed by atoms with Crippen molar-refractivity contribution >= 4 is 11.9 Å². The molecule has 1 N–H and O–H groups in total. The minimum absolute atomic E-state index is 0.107. The van der Waals surface area contributed by atoms with Gasteiger partial charge in [-0.3, -0.25) is 0 Å². The van der Waals surface area contributed by atoms with Crippen molar-refractivity contribution in [2.45, 2.75) is 19.8 Å². The highest BCUT2D eigenvalue weighted by molar-refractivity contribution is 5.99. The molecule has 3 rings (SSSR count). The van der Waals surface area contributed by atoms with Crippen LogP contribution in [0, 0.1) is 0 Å². The third-order valence-electron chi connectivity index (χ3n) is 4.64. The van der Waals surface area contributed by atoms with Gasteiger partial charge < -0.3 is 29.0 Å². The number of benzene rings is 1. The average molecular weight is 389 g/mol. The number of dihydropyridines is 1. The molecule has 2 aliphatic heterocycles. The van der Waals surface area contributed by atoms with Crippen molar-refractivity contribution < 1.29 is 33.3 Å². The van der Waals surface area contributed by atoms with E-state index in [2.05, 4.69) is 5.32 Å². The van der Waals surface area contributed by atoms with Gasteiger partial charge >= 0.3 is 11.9 Å². The Balaban J connectivity index is 2.07. The molecule has 0 radical (unpaired) electrons. The molecule has 0 amide bonds. The van der Waals surface area contributed by atoms with Crippen molar-refractivity contribution in [3.05, 3.63) is 46.3 Å². The number of hydrogen-bond acceptors (Lipinski definition) is 8. The van der Waals surface area contributed by atoms with Gasteiger partial charge in [0.15, 0.2) is 11.5 Å². The molecular formula is C20H23NO7. The molecule has 150 valence electrons. The van der Waals surface area contributed by atoms with Crippen molar-refractivity contribution in [2.75, 3.05) is 34.2 Å². The van der Waals surface area contributed by atoms with E-state index in [1.807, 2.05) is 0 Å². The number of allylic oxidation sites excluding steroid dienone is 2. The van der Waals surface area contributed by atoms with E-state index >= 15 is 0 Å². The lowest BCUT2D eigenvalue weighted by Crippen LogP contribution is -2.32. The van der Waals surface area contributed by atoms with Gasteiger partial charge in [-0.15, -0.1) is 0 Å². The van der Waals surface area contributed by atoms with Crippen molar-refractivity contribution in [1.29, 1.82) is 0 Å². The quantitative estimate of drug-likeness (QED) is 0.584. The van der Waals surface area contributed by atoms with Crippen LogP contribution in [0.1, 0.15) is 25.3 Å². The predicted octanol–water partition coefficient (Wildman–Crippen LogP) is 2.01. The van der Waals surface area contributed by atoms with E-state index in [1.54, 1.807) is 32.0 Å². The molecule has 8 heteroatoms. The molecule has 1 aromatic rings. The highest BCUT2D eigenvalue weighted by Gasteiger charge is 2.38. The van der Waals surface area contributed by atoms with Crippen molar-refractivity contribution in [3.63, 3.8) is 0 Å². The summed E-state index contributed by atoms with van der Waals surface area (Å²) in [6.07, 6.45) is 0. The van der Waals surface area contributed by atoms with Gasteiger partial charge in [0, 0.05) is 18.5 Å². The van der Waals surface area contributed by atoms with Crippen LogP contribution in [0.25, 0.3) is 0 Å². The number of ether oxygens (including phenoxy) is 5. The number of methoxy groups -OCH3 is 2. The second-order valence-corrected chi connectivity index (χ2v) is 6.37. The van der Waals surface area contributed by atoms with E-state index in [0.29, 0.717) is 39.6 Å². The summed E-state index contributed by atoms with van der Waals surface area (Å²) in [6, 6.07) is 5.33. The van der Waals surface area contributed by atoms with E-state index in [9.17, 15) is 9.59 Å². The molecule has 28 heavy (non-hydrogen) atoms. The smallest absolute Gasteiger partial charge is 0.336 e. The van der Waals surface area contributed by atoms with E-state index in [0.717, 1.165) is 0 Å². The monoisotopic (exact) mass is 389 g/mol. The minimum Gasteiger partial charge on any atom is -0.466 e. The Morgan fingerprint density at radius 2 is 1.71 bits per heavy atom. The number of rotatable bonds is 6. The molecule has 8 nitrogen and oxygen atoms in total. The molecule has 0 spiro atoms. The van der Waals surface area contributed by atoms with E-state index in [1.165, 1.54) is 14.2 Å². The predicted molar refractivity (Wildman–Crippen MR) is 98.7 cm³/mol. The van der Waals surface area contributed by atoms with Crippen LogP contribution in [0.4, 0.5) is 0 Å². The first-order chi connectivity index (χ1) is 13.5. The fourth-order valence-corrected chi connectivity index (χ4v) is 3.37. The van der Waals surface area contributed by atoms with Gasteiger partial charge in [-0.2, -0.15) is 0 Å². The first-order valence-electron chi connectivity index (χ1n) is 8.80. The highest BCUT2D eigenvalue weighted by atomic mass is 16.7. The van der Waals surface area contributed by atoms with E-state index < -0.39 is 17.9 Å². The molecule has 0 bridgehead atoms. The van der Waals surface area contributed by atoms with Gasteiger partial charge in [-0.05, 0) is 31.5 Å². The lowest BCUT2D eigenvalue weighted by Gasteiger charge is -2.30. The van der Waals surface area contributed by atoms with E-state index in [4.69, 9.17) is 23.7 Å². The summed E-state index contributed by atoms with van der Waals surface area (Å²) >= 11 is 0. The van der Waals surface area contributed by atoms with Crippen molar-refractivity contribution in [1.82, 2.24) is 5.32 Å². The Morgan fingerprint density at radius 1 is 1.04 bits per heavy atom. The van der Waals surface area contributed by atoms with Crippen LogP contribution < -0.4 is 14.8 Å². The number of nitrogens with one attached hydrogen (secondary N) is 1. The SMILES string of the molecule is COCCOC(=O)C1=C(C)NC(C)=C(C(=O)OC)C1c1ccc2c(c1)OCO2. The summed E-state index contributed by atoms with van der Waals surface area (Å²) in [6.45, 7) is 4.05. The summed E-state index contributed by atoms with van der Waals surface area (Å²) in [4.78, 5) is 25.4. The molecule has 0 saturated carbocycles. The summed E-state index contributed by atoms with van der Waals surface area (Å²) in [5, 5.41) is 3.09. The molecule has 2 heterocycles. The summed E-state index contributed by atoms with van der Waals surface area (Å²) in [5.74, 6) is -0.551. The number of fused-ring (bicyclic) bond motifs is 1. The lowest BCUT2D eigenvalue weighted by atomic mass is 9.80. The maximum Gasteiger partial charge on any atom is 0.336 e. The molecule has 1 unspecified atom stereocenters. The zero-order valence-electron chi connectivity index (χ0n) is 16.3. The van der Waals surface area contributed by atoms with Crippen LogP contribution >= 0.6 is 0 Å². The molecule has 0 aromatic heterocycles. The number of esters is 2. The molecule has 0 saturated heterocycles. The first-order valence-corrected chi connectivity index (χ1v) is 8.80. The van der Waals surface area contributed by atoms with Crippen LogP contribution in [0.5, 0.6) is 11.5 Å². The van der Waals surface area contributed by atoms with Gasteiger partial charge in [0.25, 0.3) is 0 Å². The molecular weight excluding hydrogens is 366 g/mol. The average Bonchev–Trinajstić information content (AvgIpc) is 3.14. The Labute approximate surface area is 163 Å². The number of carbonyl (C=O) groups excluding carboxylic acids is 2. The maximum atomic E-state index is 12.9. The zero-order valence-corrected chi connectivity index (χ0v) is 16.3. The summed E-state index contributed by atoms with van der Waals surface area (Å²) in [5.41, 5.74) is 2.59. The van der Waals surface area contributed by atoms with Gasteiger partial charge in [-0.1, -0.05) is 6.07 Å². The number of hydrogen-bond donors (Lipinski definition) is 1. The van der Waals surface area contributed by atoms with Crippen molar-refractivity contribution in [3.8, 4) is 11.5 Å². The zero-order chi connectivity index (χ0) is 20.3. The van der Waals surface area contributed by atoms with Gasteiger partial charge in [0.1, 0.15) is 6.61 Å². The summed E-state index contributed by atoms with van der Waals surface area (Å²) in [7, 11) is 2.83. The Bertz CT molecular complexity index is 856. The van der Waals surface area contributed by atoms with Crippen LogP contribution in [0.3, 0.4) is 0 Å². The molecule has 0 fully saturated rings. The fourth-order valence-electron chi connectivity index (χ4n) is 3.37. The Morgan fingerprint density at radius 3 is 2.39 bits per heavy atom. The number of carbonyl (C=O) groups is 2. The largest absolute Gasteiger partial charge is 0.466 e. The maximum absolute atomic E-state index is 12.9. The van der Waals surface area contributed by atoms with Crippen LogP contribution in [-0.2, 0) is 23.8 Å². The standard InChI is InChI=1S/C20H23NO7/c1-11-16(19(22)25-4)18(13-5-6-14-15(9-13)28-10-27-14)17(12(2)21-11)20(23)26-8-7-24-3/h5-6,9,18,21H,7-8,10H2,1-4H3. The first kappa shape index (κ1) is 19.8. The fraction of sp³-hybridized carbons (Fsp3) is 0.400. The Kier molecular flexibility index (Phi) is 5.89. The molecule has 1 atom stereocenters. The van der Waals surface area contributed by atoms with Gasteiger partial charge in [0.05, 0.1) is 30.8 Å². The second kappa shape index (κ2) is 8.35. The molecule has 2 aliphatic rings. The normalized spacial score (nSPS) is 18.1. The van der Waals surface area contributed by atoms with Crippen LogP contribution in [0.15, 0.2) is 40.7 Å². The van der Waals surface area contributed by atoms with Gasteiger partial charge in [-0.25, -0.2) is 9.59 Å². The molecule has 0 aliphatic carbocycles. The molecule has 1 aromatic carbocycles. The van der Waals surface area contributed by atoms with Gasteiger partial charge in [0.2, 0.25) is 6.79 Å². The third-order valence-corrected chi connectivity index (χ3v) is 4.64. The minimum atomic E-state index is -0.668. The van der Waals surface area contributed by atoms with E-state index in [-0.39, 0.29) is 20.0 Å². The van der Waals surface area contributed by atoms with Crippen LogP contribution in [0.2, 0.25) is 0 Å². The second-order valence-electron chi connectivity index (χ2n) is 6.37. The van der Waals surface area contributed by atoms with Crippen LogP contribution in [-0.4, -0.2) is 46.2 Å². The Hall–Kier alpha value is -3.00. The topological polar surface area (TPSA) is 92.3 Å². The summed E-state index contributed by atoms with van der Waals surface area (Å²) < 4.78 is 26.1. The van der Waals surface area contributed by atoms with Crippen molar-refractivity contribution in [2.24, 2.45) is 0 Å². The third kappa shape index (κ3) is 3.68. The lowest BCUT2D eigenvalue weighted by molar-refractivity contribution is -0.140.